The number of rotatable bonds is 10. The van der Waals surface area contributed by atoms with Gasteiger partial charge in [0.1, 0.15) is 0 Å². The summed E-state index contributed by atoms with van der Waals surface area (Å²) in [4.78, 5) is 22.7. The number of carboxylic acid groups (broad SMARTS) is 1. The standard InChI is InChI=1S/C16H32N2O3/c1-6-14(7-2)12(5)18-16(21)17-10-13(8-11(3)4)9-15(19)20/h11-14H,6-10H2,1-5H3,(H,19,20)(H2,17,18,21). The summed E-state index contributed by atoms with van der Waals surface area (Å²) in [5, 5.41) is 14.7. The Labute approximate surface area is 128 Å². The largest absolute Gasteiger partial charge is 0.481 e. The maximum Gasteiger partial charge on any atom is 0.315 e. The van der Waals surface area contributed by atoms with E-state index in [1.165, 1.54) is 0 Å². The Hall–Kier alpha value is -1.26. The average Bonchev–Trinajstić information content (AvgIpc) is 2.36. The van der Waals surface area contributed by atoms with Crippen LogP contribution in [0.15, 0.2) is 0 Å². The van der Waals surface area contributed by atoms with Gasteiger partial charge in [0.15, 0.2) is 0 Å². The van der Waals surface area contributed by atoms with E-state index in [0.717, 1.165) is 19.3 Å². The van der Waals surface area contributed by atoms with Crippen molar-refractivity contribution in [2.45, 2.75) is 66.3 Å². The third kappa shape index (κ3) is 9.32. The molecule has 0 aromatic heterocycles. The third-order valence-electron chi connectivity index (χ3n) is 3.93. The van der Waals surface area contributed by atoms with Crippen molar-refractivity contribution < 1.29 is 14.7 Å². The second kappa shape index (κ2) is 10.5. The highest BCUT2D eigenvalue weighted by Gasteiger charge is 2.18. The van der Waals surface area contributed by atoms with Crippen LogP contribution in [0.3, 0.4) is 0 Å². The predicted octanol–water partition coefficient (Wildman–Crippen LogP) is 3.25. The van der Waals surface area contributed by atoms with E-state index in [2.05, 4.69) is 38.3 Å². The summed E-state index contributed by atoms with van der Waals surface area (Å²) in [7, 11) is 0. The van der Waals surface area contributed by atoms with Crippen LogP contribution in [0.4, 0.5) is 4.79 Å². The molecule has 0 bridgehead atoms. The molecule has 0 saturated heterocycles. The van der Waals surface area contributed by atoms with Gasteiger partial charge in [-0.15, -0.1) is 0 Å². The Bertz CT molecular complexity index is 315. The van der Waals surface area contributed by atoms with Crippen molar-refractivity contribution in [1.29, 1.82) is 0 Å². The van der Waals surface area contributed by atoms with Crippen molar-refractivity contribution in [3.05, 3.63) is 0 Å². The molecular weight excluding hydrogens is 268 g/mol. The van der Waals surface area contributed by atoms with E-state index in [1.807, 2.05) is 6.92 Å². The van der Waals surface area contributed by atoms with E-state index >= 15 is 0 Å². The highest BCUT2D eigenvalue weighted by Crippen LogP contribution is 2.15. The molecule has 0 radical (unpaired) electrons. The fraction of sp³-hybridized carbons (Fsp3) is 0.875. The first kappa shape index (κ1) is 19.7. The lowest BCUT2D eigenvalue weighted by atomic mass is 9.94. The molecule has 0 heterocycles. The van der Waals surface area contributed by atoms with Crippen molar-refractivity contribution in [2.75, 3.05) is 6.54 Å². The van der Waals surface area contributed by atoms with Crippen LogP contribution < -0.4 is 10.6 Å². The van der Waals surface area contributed by atoms with E-state index in [-0.39, 0.29) is 24.4 Å². The molecule has 0 aromatic carbocycles. The van der Waals surface area contributed by atoms with Gasteiger partial charge in [-0.1, -0.05) is 40.5 Å². The molecule has 0 aliphatic rings. The van der Waals surface area contributed by atoms with Gasteiger partial charge in [-0.2, -0.15) is 0 Å². The number of urea groups is 1. The number of amides is 2. The number of aliphatic carboxylic acids is 1. The van der Waals surface area contributed by atoms with Gasteiger partial charge in [0.2, 0.25) is 0 Å². The quantitative estimate of drug-likeness (QED) is 0.579. The van der Waals surface area contributed by atoms with Crippen LogP contribution in [0.1, 0.15) is 60.3 Å². The summed E-state index contributed by atoms with van der Waals surface area (Å²) in [5.74, 6) is 0.0638. The van der Waals surface area contributed by atoms with Gasteiger partial charge in [-0.3, -0.25) is 4.79 Å². The van der Waals surface area contributed by atoms with Crippen LogP contribution in [-0.2, 0) is 4.79 Å². The zero-order valence-corrected chi connectivity index (χ0v) is 14.1. The van der Waals surface area contributed by atoms with Gasteiger partial charge in [-0.25, -0.2) is 4.79 Å². The van der Waals surface area contributed by atoms with Crippen LogP contribution in [0.2, 0.25) is 0 Å². The molecule has 0 saturated carbocycles. The van der Waals surface area contributed by atoms with Gasteiger partial charge in [0.05, 0.1) is 0 Å². The lowest BCUT2D eigenvalue weighted by Gasteiger charge is -2.24. The zero-order valence-electron chi connectivity index (χ0n) is 14.1. The molecule has 2 amide bonds. The summed E-state index contributed by atoms with van der Waals surface area (Å²) < 4.78 is 0. The smallest absolute Gasteiger partial charge is 0.315 e. The lowest BCUT2D eigenvalue weighted by Crippen LogP contribution is -2.45. The monoisotopic (exact) mass is 300 g/mol. The molecule has 3 N–H and O–H groups in total. The molecule has 5 nitrogen and oxygen atoms in total. The fourth-order valence-corrected chi connectivity index (χ4v) is 2.76. The predicted molar refractivity (Wildman–Crippen MR) is 85.3 cm³/mol. The molecule has 2 atom stereocenters. The van der Waals surface area contributed by atoms with Crippen LogP contribution in [0.5, 0.6) is 0 Å². The first-order valence-corrected chi connectivity index (χ1v) is 8.06. The fourth-order valence-electron chi connectivity index (χ4n) is 2.76. The molecule has 0 aliphatic heterocycles. The van der Waals surface area contributed by atoms with Gasteiger partial charge in [0.25, 0.3) is 0 Å². The summed E-state index contributed by atoms with van der Waals surface area (Å²) in [6.07, 6.45) is 2.97. The van der Waals surface area contributed by atoms with E-state index in [0.29, 0.717) is 18.4 Å². The van der Waals surface area contributed by atoms with E-state index in [4.69, 9.17) is 5.11 Å². The number of hydrogen-bond donors (Lipinski definition) is 3. The number of carbonyl (C=O) groups is 2. The molecule has 0 rings (SSSR count). The summed E-state index contributed by atoms with van der Waals surface area (Å²) in [5.41, 5.74) is 0. The Kier molecular flexibility index (Phi) is 9.84. The molecule has 0 spiro atoms. The number of hydrogen-bond acceptors (Lipinski definition) is 2. The maximum atomic E-state index is 11.9. The zero-order chi connectivity index (χ0) is 16.4. The molecule has 5 heteroatoms. The van der Waals surface area contributed by atoms with Crippen LogP contribution in [0, 0.1) is 17.8 Å². The molecule has 21 heavy (non-hydrogen) atoms. The van der Waals surface area contributed by atoms with Crippen molar-refractivity contribution in [3.63, 3.8) is 0 Å². The van der Waals surface area contributed by atoms with E-state index in [9.17, 15) is 9.59 Å². The second-order valence-electron chi connectivity index (χ2n) is 6.31. The summed E-state index contributed by atoms with van der Waals surface area (Å²) >= 11 is 0. The Morgan fingerprint density at radius 1 is 1.10 bits per heavy atom. The second-order valence-corrected chi connectivity index (χ2v) is 6.31. The number of carbonyl (C=O) groups excluding carboxylic acids is 1. The first-order valence-electron chi connectivity index (χ1n) is 8.06. The summed E-state index contributed by atoms with van der Waals surface area (Å²) in [6, 6.07) is -0.0726. The minimum Gasteiger partial charge on any atom is -0.481 e. The SMILES string of the molecule is CCC(CC)C(C)NC(=O)NCC(CC(=O)O)CC(C)C. The molecule has 0 fully saturated rings. The Morgan fingerprint density at radius 2 is 1.67 bits per heavy atom. The van der Waals surface area contributed by atoms with Gasteiger partial charge >= 0.3 is 12.0 Å². The topological polar surface area (TPSA) is 78.4 Å². The highest BCUT2D eigenvalue weighted by atomic mass is 16.4. The average molecular weight is 300 g/mol. The minimum absolute atomic E-state index is 0.0169. The molecule has 2 unspecified atom stereocenters. The number of nitrogens with one attached hydrogen (secondary N) is 2. The lowest BCUT2D eigenvalue weighted by molar-refractivity contribution is -0.138. The van der Waals surface area contributed by atoms with E-state index < -0.39 is 5.97 Å². The first-order chi connectivity index (χ1) is 9.79. The third-order valence-corrected chi connectivity index (χ3v) is 3.93. The minimum atomic E-state index is -0.812. The molecule has 0 aliphatic carbocycles. The van der Waals surface area contributed by atoms with Gasteiger partial charge in [0, 0.05) is 19.0 Å². The van der Waals surface area contributed by atoms with Crippen molar-refractivity contribution >= 4 is 12.0 Å². The van der Waals surface area contributed by atoms with Crippen LogP contribution in [0.25, 0.3) is 0 Å². The molecule has 124 valence electrons. The molecular formula is C16H32N2O3. The van der Waals surface area contributed by atoms with Gasteiger partial charge < -0.3 is 15.7 Å². The highest BCUT2D eigenvalue weighted by molar-refractivity contribution is 5.74. The summed E-state index contributed by atoms with van der Waals surface area (Å²) in [6.45, 7) is 10.8. The Balaban J connectivity index is 4.26. The Morgan fingerprint density at radius 3 is 2.10 bits per heavy atom. The van der Waals surface area contributed by atoms with Gasteiger partial charge in [-0.05, 0) is 31.1 Å². The molecule has 0 aromatic rings. The van der Waals surface area contributed by atoms with Crippen LogP contribution in [-0.4, -0.2) is 29.7 Å². The van der Waals surface area contributed by atoms with Crippen molar-refractivity contribution in [2.24, 2.45) is 17.8 Å². The normalized spacial score (nSPS) is 14.0. The maximum absolute atomic E-state index is 11.9. The van der Waals surface area contributed by atoms with Crippen LogP contribution >= 0.6 is 0 Å². The van der Waals surface area contributed by atoms with Crippen molar-refractivity contribution in [1.82, 2.24) is 10.6 Å². The van der Waals surface area contributed by atoms with Crippen molar-refractivity contribution in [3.8, 4) is 0 Å². The number of carboxylic acids is 1. The van der Waals surface area contributed by atoms with E-state index in [1.54, 1.807) is 0 Å².